The second kappa shape index (κ2) is 15.5. The molecule has 2 aromatic rings. The normalized spacial score (nSPS) is 20.9. The molecule has 1 aromatic carbocycles. The summed E-state index contributed by atoms with van der Waals surface area (Å²) in [6, 6.07) is 3.77. The van der Waals surface area contributed by atoms with Gasteiger partial charge in [-0.05, 0) is 67.4 Å². The first kappa shape index (κ1) is 37.9. The van der Waals surface area contributed by atoms with Gasteiger partial charge >= 0.3 is 0 Å². The molecular weight excluding hydrogens is 596 g/mol. The molecule has 2 atom stereocenters. The van der Waals surface area contributed by atoms with Crippen molar-refractivity contribution in [3.8, 4) is 28.5 Å². The molecule has 7 nitrogen and oxygen atoms in total. The van der Waals surface area contributed by atoms with Gasteiger partial charge in [0.1, 0.15) is 0 Å². The molecule has 1 heterocycles. The summed E-state index contributed by atoms with van der Waals surface area (Å²) in [5.41, 5.74) is 2.78. The van der Waals surface area contributed by atoms with E-state index in [4.69, 9.17) is 28.9 Å². The molecule has 0 radical (unpaired) electrons. The zero-order valence-electron chi connectivity index (χ0n) is 30.8. The number of hydrogen-bond donors (Lipinski definition) is 0. The molecule has 1 aliphatic carbocycles. The lowest BCUT2D eigenvalue weighted by Crippen LogP contribution is -2.33. The van der Waals surface area contributed by atoms with Gasteiger partial charge in [-0.15, -0.1) is 0 Å². The van der Waals surface area contributed by atoms with Crippen molar-refractivity contribution in [3.63, 3.8) is 0 Å². The Morgan fingerprint density at radius 2 is 1.54 bits per heavy atom. The van der Waals surface area contributed by atoms with Crippen LogP contribution in [0.1, 0.15) is 113 Å². The number of rotatable bonds is 16. The van der Waals surface area contributed by atoms with Gasteiger partial charge in [-0.3, -0.25) is 9.78 Å². The van der Waals surface area contributed by atoms with E-state index in [0.717, 1.165) is 49.3 Å². The van der Waals surface area contributed by atoms with Crippen LogP contribution in [0.25, 0.3) is 16.8 Å². The van der Waals surface area contributed by atoms with Crippen LogP contribution in [0.4, 0.5) is 0 Å². The van der Waals surface area contributed by atoms with Crippen molar-refractivity contribution in [1.82, 2.24) is 9.97 Å². The van der Waals surface area contributed by atoms with E-state index in [2.05, 4.69) is 62.3 Å². The van der Waals surface area contributed by atoms with Crippen LogP contribution in [0.5, 0.6) is 17.2 Å². The molecule has 1 fully saturated rings. The largest absolute Gasteiger partial charge is 0.493 e. The Kier molecular flexibility index (Phi) is 12.8. The number of aromatic nitrogens is 2. The molecule has 0 N–H and O–H groups in total. The number of ketones is 1. The second-order valence-corrected chi connectivity index (χ2v) is 19.0. The third kappa shape index (κ3) is 7.59. The van der Waals surface area contributed by atoms with Gasteiger partial charge in [-0.25, -0.2) is 15.0 Å². The third-order valence-corrected chi connectivity index (χ3v) is 16.1. The molecule has 258 valence electrons. The van der Waals surface area contributed by atoms with Gasteiger partial charge in [-0.1, -0.05) is 67.9 Å². The minimum atomic E-state index is -1.18. The number of ether oxygens (including phenoxy) is 4. The van der Waals surface area contributed by atoms with Crippen molar-refractivity contribution in [3.05, 3.63) is 35.8 Å². The summed E-state index contributed by atoms with van der Waals surface area (Å²) in [5.74, 6) is 2.51. The quantitative estimate of drug-likeness (QED) is 0.132. The molecule has 0 amide bonds. The summed E-state index contributed by atoms with van der Waals surface area (Å²) in [5, 5.41) is 1.44. The van der Waals surface area contributed by atoms with Crippen molar-refractivity contribution in [2.24, 2.45) is 5.41 Å². The SMILES string of the molecule is C/C=C(/C(=O)C1(C)CCC(C)(OCCCC)C1)c1nc(-c2cc(OC)c(OC)c(OC)c2)cnc1CS(C(C)C)(C(C)C)C(C)C. The number of unbranched alkanes of at least 4 members (excludes halogenated alkanes) is 1. The first-order valence-electron chi connectivity index (χ1n) is 17.0. The molecule has 0 aliphatic heterocycles. The van der Waals surface area contributed by atoms with Crippen LogP contribution in [0, 0.1) is 5.41 Å². The van der Waals surface area contributed by atoms with Crippen molar-refractivity contribution in [2.45, 2.75) is 128 Å². The predicted molar refractivity (Wildman–Crippen MR) is 194 cm³/mol. The standard InChI is InChI=1S/C38H60N2O5S/c1-14-16-19-45-38(10)18-17-37(9,24-38)36(41)29(15-2)34-31(23-46(25(3)4,26(5)6)27(7)8)39-22-30(40-34)28-20-32(42-11)35(44-13)33(21-28)43-12/h15,20-22,25-27H,14,16-19,23-24H2,1-13H3/b29-15+. The predicted octanol–water partition coefficient (Wildman–Crippen LogP) is 9.44. The number of benzene rings is 1. The van der Waals surface area contributed by atoms with Crippen LogP contribution in [0.15, 0.2) is 24.4 Å². The molecule has 1 aliphatic rings. The Labute approximate surface area is 280 Å². The van der Waals surface area contributed by atoms with E-state index in [1.54, 1.807) is 21.3 Å². The highest BCUT2D eigenvalue weighted by Gasteiger charge is 2.49. The summed E-state index contributed by atoms with van der Waals surface area (Å²) in [7, 11) is 3.62. The number of carbonyl (C=O) groups is 1. The fraction of sp³-hybridized carbons (Fsp3) is 0.658. The minimum absolute atomic E-state index is 0.120. The number of Topliss-reactive ketones (excluding diaryl/α,β-unsaturated/α-hetero) is 1. The Balaban J connectivity index is 2.22. The number of methoxy groups -OCH3 is 3. The number of carbonyl (C=O) groups excluding carboxylic acids is 1. The van der Waals surface area contributed by atoms with Gasteiger partial charge in [0, 0.05) is 28.9 Å². The zero-order valence-corrected chi connectivity index (χ0v) is 31.7. The van der Waals surface area contributed by atoms with Gasteiger partial charge < -0.3 is 18.9 Å². The van der Waals surface area contributed by atoms with Crippen LogP contribution in [-0.4, -0.2) is 65.0 Å². The average Bonchev–Trinajstić information content (AvgIpc) is 3.34. The summed E-state index contributed by atoms with van der Waals surface area (Å²) in [6.07, 6.45) is 8.23. The Morgan fingerprint density at radius 3 is 2.02 bits per heavy atom. The number of allylic oxidation sites excluding steroid dienone is 2. The van der Waals surface area contributed by atoms with Crippen molar-refractivity contribution >= 4 is 21.4 Å². The lowest BCUT2D eigenvalue weighted by molar-refractivity contribution is -0.123. The van der Waals surface area contributed by atoms with E-state index >= 15 is 0 Å². The van der Waals surface area contributed by atoms with E-state index in [0.29, 0.717) is 56.4 Å². The summed E-state index contributed by atoms with van der Waals surface area (Å²) in [4.78, 5) is 25.2. The highest BCUT2D eigenvalue weighted by Crippen LogP contribution is 2.63. The van der Waals surface area contributed by atoms with Crippen LogP contribution in [-0.2, 0) is 15.3 Å². The third-order valence-electron chi connectivity index (χ3n) is 10.1. The highest BCUT2D eigenvalue weighted by molar-refractivity contribution is 8.34. The molecule has 1 aromatic heterocycles. The fourth-order valence-corrected chi connectivity index (χ4v) is 12.4. The number of nitrogens with zero attached hydrogens (tertiary/aromatic N) is 2. The first-order valence-corrected chi connectivity index (χ1v) is 18.9. The molecule has 3 rings (SSSR count). The monoisotopic (exact) mass is 656 g/mol. The van der Waals surface area contributed by atoms with Gasteiger partial charge in [0.05, 0.1) is 50.2 Å². The minimum Gasteiger partial charge on any atom is -0.493 e. The maximum absolute atomic E-state index is 14.7. The van der Waals surface area contributed by atoms with Gasteiger partial charge in [0.15, 0.2) is 17.3 Å². The summed E-state index contributed by atoms with van der Waals surface area (Å²) >= 11 is 0. The van der Waals surface area contributed by atoms with Crippen LogP contribution in [0.3, 0.4) is 0 Å². The second-order valence-electron chi connectivity index (χ2n) is 14.1. The van der Waals surface area contributed by atoms with Gasteiger partial charge in [-0.2, -0.15) is 0 Å². The van der Waals surface area contributed by atoms with E-state index in [9.17, 15) is 4.79 Å². The van der Waals surface area contributed by atoms with E-state index < -0.39 is 15.4 Å². The van der Waals surface area contributed by atoms with Gasteiger partial charge in [0.2, 0.25) is 5.75 Å². The average molecular weight is 657 g/mol. The maximum atomic E-state index is 14.7. The van der Waals surface area contributed by atoms with E-state index in [1.165, 1.54) is 0 Å². The summed E-state index contributed by atoms with van der Waals surface area (Å²) in [6.45, 7) is 23.2. The fourth-order valence-electron chi connectivity index (χ4n) is 7.50. The molecule has 0 saturated heterocycles. The lowest BCUT2D eigenvalue weighted by atomic mass is 9.78. The van der Waals surface area contributed by atoms with E-state index in [1.807, 2.05) is 31.3 Å². The number of hydrogen-bond acceptors (Lipinski definition) is 7. The Morgan fingerprint density at radius 1 is 0.957 bits per heavy atom. The zero-order chi connectivity index (χ0) is 34.4. The smallest absolute Gasteiger partial charge is 0.203 e. The molecule has 46 heavy (non-hydrogen) atoms. The topological polar surface area (TPSA) is 79.8 Å². The molecule has 1 saturated carbocycles. The van der Waals surface area contributed by atoms with Crippen molar-refractivity contribution < 1.29 is 23.7 Å². The van der Waals surface area contributed by atoms with Crippen LogP contribution in [0.2, 0.25) is 0 Å². The highest BCUT2D eigenvalue weighted by atomic mass is 32.3. The summed E-state index contributed by atoms with van der Waals surface area (Å²) < 4.78 is 23.3. The van der Waals surface area contributed by atoms with Crippen molar-refractivity contribution in [1.29, 1.82) is 0 Å². The first-order chi connectivity index (χ1) is 21.7. The van der Waals surface area contributed by atoms with E-state index in [-0.39, 0.29) is 11.4 Å². The molecule has 0 bridgehead atoms. The van der Waals surface area contributed by atoms with Gasteiger partial charge in [0.25, 0.3) is 0 Å². The molecular formula is C38H60N2O5S. The Bertz CT molecular complexity index is 1340. The van der Waals surface area contributed by atoms with Crippen molar-refractivity contribution in [2.75, 3.05) is 27.9 Å². The van der Waals surface area contributed by atoms with Crippen LogP contribution >= 0.6 is 10.0 Å². The van der Waals surface area contributed by atoms with Crippen LogP contribution < -0.4 is 14.2 Å². The molecule has 8 heteroatoms. The molecule has 0 spiro atoms. The molecule has 2 unspecified atom stereocenters. The maximum Gasteiger partial charge on any atom is 0.203 e. The lowest BCUT2D eigenvalue weighted by Gasteiger charge is -2.51. The Hall–Kier alpha value is -2.58.